The summed E-state index contributed by atoms with van der Waals surface area (Å²) < 4.78 is 1.07. The van der Waals surface area contributed by atoms with Gasteiger partial charge < -0.3 is 0 Å². The van der Waals surface area contributed by atoms with Gasteiger partial charge in [-0.2, -0.15) is 0 Å². The van der Waals surface area contributed by atoms with Crippen molar-refractivity contribution in [2.75, 3.05) is 0 Å². The van der Waals surface area contributed by atoms with Gasteiger partial charge in [-0.25, -0.2) is 0 Å². The van der Waals surface area contributed by atoms with Gasteiger partial charge in [0.15, 0.2) is 0 Å². The number of rotatable bonds is 2. The summed E-state index contributed by atoms with van der Waals surface area (Å²) in [6.07, 6.45) is 8.20. The topological polar surface area (TPSA) is 0 Å². The summed E-state index contributed by atoms with van der Waals surface area (Å²) in [5, 5.41) is 0. The Balaban J connectivity index is 2.48. The summed E-state index contributed by atoms with van der Waals surface area (Å²) in [6, 6.07) is 10.2. The van der Waals surface area contributed by atoms with E-state index in [4.69, 9.17) is 0 Å². The van der Waals surface area contributed by atoms with Crippen molar-refractivity contribution in [3.63, 3.8) is 0 Å². The molecule has 1 radical (unpaired) electrons. The van der Waals surface area contributed by atoms with Crippen molar-refractivity contribution in [1.29, 1.82) is 0 Å². The normalized spacial score (nSPS) is 17.2. The first-order valence-corrected chi connectivity index (χ1v) is 6.17. The van der Waals surface area contributed by atoms with Gasteiger partial charge in [-0.05, 0) is 24.6 Å². The molecule has 0 amide bonds. The first-order chi connectivity index (χ1) is 8.18. The molecule has 0 bridgehead atoms. The zero-order valence-corrected chi connectivity index (χ0v) is 11.1. The number of benzene rings is 1. The van der Waals surface area contributed by atoms with Gasteiger partial charge in [-0.1, -0.05) is 24.8 Å². The molecular weight excluding hydrogens is 272 g/mol. The quantitative estimate of drug-likeness (QED) is 0.679. The van der Waals surface area contributed by atoms with E-state index in [-0.39, 0.29) is 0 Å². The minimum atomic E-state index is 0.832. The smallest absolute Gasteiger partial charge is 0.0852 e. The van der Waals surface area contributed by atoms with E-state index in [9.17, 15) is 0 Å². The van der Waals surface area contributed by atoms with Crippen molar-refractivity contribution in [3.05, 3.63) is 89.7 Å². The molecule has 0 saturated heterocycles. The van der Waals surface area contributed by atoms with Crippen LogP contribution in [0.5, 0.6) is 0 Å². The molecule has 0 unspecified atom stereocenters. The van der Waals surface area contributed by atoms with E-state index in [2.05, 4.69) is 54.1 Å². The molecule has 0 N–H and O–H groups in total. The summed E-state index contributed by atoms with van der Waals surface area (Å²) in [5.41, 5.74) is 4.21. The molecule has 0 nitrogen and oxygen atoms in total. The zero-order chi connectivity index (χ0) is 12.3. The minimum Gasteiger partial charge on any atom is -0.0852 e. The highest BCUT2D eigenvalue weighted by Crippen LogP contribution is 2.30. The predicted molar refractivity (Wildman–Crippen MR) is 78.3 cm³/mol. The van der Waals surface area contributed by atoms with E-state index < -0.39 is 0 Å². The Morgan fingerprint density at radius 3 is 2.35 bits per heavy atom. The van der Waals surface area contributed by atoms with Crippen LogP contribution in [0, 0.1) is 13.3 Å². The fourth-order valence-corrected chi connectivity index (χ4v) is 2.06. The highest BCUT2D eigenvalue weighted by Gasteiger charge is 2.17. The van der Waals surface area contributed by atoms with Crippen LogP contribution in [0.3, 0.4) is 0 Å². The molecule has 1 aliphatic rings. The molecule has 1 aromatic carbocycles. The molecule has 0 fully saturated rings. The SMILES string of the molecule is [CH2]C(=C)/C(=C1/C=CC(Br)=C[CH+]1)c1ccccc1. The van der Waals surface area contributed by atoms with Crippen molar-refractivity contribution >= 4 is 21.5 Å². The van der Waals surface area contributed by atoms with Gasteiger partial charge in [0.1, 0.15) is 5.57 Å². The van der Waals surface area contributed by atoms with Gasteiger partial charge in [0.2, 0.25) is 0 Å². The number of allylic oxidation sites excluding steroid dienone is 7. The first kappa shape index (κ1) is 12.0. The largest absolute Gasteiger partial charge is 0.104 e. The van der Waals surface area contributed by atoms with Crippen LogP contribution in [0.4, 0.5) is 0 Å². The molecule has 0 heterocycles. The van der Waals surface area contributed by atoms with Crippen LogP contribution in [-0.2, 0) is 0 Å². The summed E-state index contributed by atoms with van der Waals surface area (Å²) in [5.74, 6) is 0. The standard InChI is InChI=1S/C16H13Br/c1-12(2)16(13-6-4-3-5-7-13)14-8-10-15(17)11-9-14/h3-11H,1-2H2/q+1. The Hall–Kier alpha value is -1.47. The maximum atomic E-state index is 3.97. The van der Waals surface area contributed by atoms with Crippen LogP contribution in [0.2, 0.25) is 0 Å². The molecule has 0 aromatic heterocycles. The minimum absolute atomic E-state index is 0.832. The monoisotopic (exact) mass is 284 g/mol. The second kappa shape index (κ2) is 5.24. The Bertz CT molecular complexity index is 516. The maximum Gasteiger partial charge on any atom is 0.104 e. The third-order valence-electron chi connectivity index (χ3n) is 2.55. The van der Waals surface area contributed by atoms with Crippen LogP contribution in [0.25, 0.3) is 5.57 Å². The van der Waals surface area contributed by atoms with Crippen molar-refractivity contribution in [3.8, 4) is 0 Å². The van der Waals surface area contributed by atoms with E-state index in [1.54, 1.807) is 0 Å². The molecule has 0 spiro atoms. The van der Waals surface area contributed by atoms with E-state index in [1.807, 2.05) is 30.4 Å². The highest BCUT2D eigenvalue weighted by atomic mass is 79.9. The molecule has 0 saturated carbocycles. The molecule has 0 atom stereocenters. The highest BCUT2D eigenvalue weighted by molar-refractivity contribution is 9.11. The third-order valence-corrected chi connectivity index (χ3v) is 3.08. The molecule has 1 heteroatoms. The molecule has 0 aliphatic heterocycles. The van der Waals surface area contributed by atoms with Gasteiger partial charge >= 0.3 is 0 Å². The van der Waals surface area contributed by atoms with E-state index in [0.717, 1.165) is 26.8 Å². The zero-order valence-electron chi connectivity index (χ0n) is 9.49. The second-order valence-electron chi connectivity index (χ2n) is 3.85. The van der Waals surface area contributed by atoms with Gasteiger partial charge in [0, 0.05) is 46.1 Å². The van der Waals surface area contributed by atoms with E-state index in [0.29, 0.717) is 0 Å². The van der Waals surface area contributed by atoms with Crippen molar-refractivity contribution in [1.82, 2.24) is 0 Å². The molecule has 1 aliphatic carbocycles. The van der Waals surface area contributed by atoms with Gasteiger partial charge in [0.05, 0.1) is 10.1 Å². The van der Waals surface area contributed by atoms with Crippen molar-refractivity contribution < 1.29 is 0 Å². The predicted octanol–water partition coefficient (Wildman–Crippen LogP) is 4.88. The fraction of sp³-hybridized carbons (Fsp3) is 0. The lowest BCUT2D eigenvalue weighted by Gasteiger charge is -2.07. The summed E-state index contributed by atoms with van der Waals surface area (Å²) in [7, 11) is 0. The van der Waals surface area contributed by atoms with Gasteiger partial charge in [-0.3, -0.25) is 0 Å². The Kier molecular flexibility index (Phi) is 3.70. The van der Waals surface area contributed by atoms with Crippen LogP contribution in [-0.4, -0.2) is 0 Å². The summed E-state index contributed by atoms with van der Waals surface area (Å²) in [4.78, 5) is 0. The van der Waals surface area contributed by atoms with Crippen molar-refractivity contribution in [2.45, 2.75) is 0 Å². The van der Waals surface area contributed by atoms with Gasteiger partial charge in [-0.15, -0.1) is 0 Å². The van der Waals surface area contributed by atoms with Gasteiger partial charge in [0.25, 0.3) is 0 Å². The second-order valence-corrected chi connectivity index (χ2v) is 4.77. The van der Waals surface area contributed by atoms with Crippen LogP contribution in [0.1, 0.15) is 5.56 Å². The Labute approximate surface area is 111 Å². The summed E-state index contributed by atoms with van der Waals surface area (Å²) in [6.45, 7) is 7.94. The van der Waals surface area contributed by atoms with Crippen molar-refractivity contribution in [2.24, 2.45) is 0 Å². The molecular formula is C16H13Br+. The number of hydrogen-bond acceptors (Lipinski definition) is 0. The van der Waals surface area contributed by atoms with E-state index >= 15 is 0 Å². The third kappa shape index (κ3) is 2.80. The molecule has 17 heavy (non-hydrogen) atoms. The number of hydrogen-bond donors (Lipinski definition) is 0. The van der Waals surface area contributed by atoms with Crippen LogP contribution in [0.15, 0.2) is 70.8 Å². The van der Waals surface area contributed by atoms with E-state index in [1.165, 1.54) is 0 Å². The average molecular weight is 285 g/mol. The maximum absolute atomic E-state index is 3.97. The lowest BCUT2D eigenvalue weighted by molar-refractivity contribution is 1.48. The lowest BCUT2D eigenvalue weighted by atomic mass is 9.91. The van der Waals surface area contributed by atoms with Crippen LogP contribution >= 0.6 is 15.9 Å². The molecule has 2 rings (SSSR count). The summed E-state index contributed by atoms with van der Waals surface area (Å²) >= 11 is 3.44. The average Bonchev–Trinajstić information content (AvgIpc) is 2.33. The molecule has 83 valence electrons. The fourth-order valence-electron chi connectivity index (χ4n) is 1.80. The number of halogens is 1. The van der Waals surface area contributed by atoms with Crippen LogP contribution < -0.4 is 0 Å². The Morgan fingerprint density at radius 2 is 1.82 bits per heavy atom. The first-order valence-electron chi connectivity index (χ1n) is 5.38. The molecule has 1 aromatic rings. The Morgan fingerprint density at radius 1 is 1.12 bits per heavy atom. The lowest BCUT2D eigenvalue weighted by Crippen LogP contribution is -1.94.